The number of amides is 1. The van der Waals surface area contributed by atoms with Gasteiger partial charge < -0.3 is 5.73 Å². The summed E-state index contributed by atoms with van der Waals surface area (Å²) < 4.78 is 14.4. The van der Waals surface area contributed by atoms with Gasteiger partial charge in [-0.15, -0.1) is 11.3 Å². The first-order valence-corrected chi connectivity index (χ1v) is 7.16. The van der Waals surface area contributed by atoms with Gasteiger partial charge in [0.25, 0.3) is 0 Å². The lowest BCUT2D eigenvalue weighted by Crippen LogP contribution is -2.34. The van der Waals surface area contributed by atoms with Crippen LogP contribution < -0.4 is 11.1 Å². The summed E-state index contributed by atoms with van der Waals surface area (Å²) in [7, 11) is 0. The van der Waals surface area contributed by atoms with E-state index >= 15 is 0 Å². The molecule has 0 radical (unpaired) electrons. The molecule has 0 aliphatic rings. The smallest absolute Gasteiger partial charge is 0.239 e. The molecule has 0 saturated heterocycles. The van der Waals surface area contributed by atoms with E-state index in [0.29, 0.717) is 11.0 Å². The molecule has 19 heavy (non-hydrogen) atoms. The van der Waals surface area contributed by atoms with E-state index in [2.05, 4.69) is 26.2 Å². The van der Waals surface area contributed by atoms with Crippen molar-refractivity contribution in [1.82, 2.24) is 10.3 Å². The first-order chi connectivity index (χ1) is 9.08. The Labute approximate surface area is 122 Å². The van der Waals surface area contributed by atoms with Crippen LogP contribution >= 0.6 is 27.3 Å². The van der Waals surface area contributed by atoms with Gasteiger partial charge in [-0.1, -0.05) is 22.0 Å². The molecule has 0 spiro atoms. The van der Waals surface area contributed by atoms with Crippen LogP contribution in [-0.4, -0.2) is 10.9 Å². The van der Waals surface area contributed by atoms with Crippen LogP contribution in [0.25, 0.3) is 0 Å². The predicted molar refractivity (Wildman–Crippen MR) is 75.0 cm³/mol. The summed E-state index contributed by atoms with van der Waals surface area (Å²) in [6, 6.07) is 3.62. The molecule has 100 valence electrons. The lowest BCUT2D eigenvalue weighted by molar-refractivity contribution is -0.120. The summed E-state index contributed by atoms with van der Waals surface area (Å²) in [4.78, 5) is 15.5. The maximum absolute atomic E-state index is 13.8. The summed E-state index contributed by atoms with van der Waals surface area (Å²) in [5, 5.41) is 4.76. The Morgan fingerprint density at radius 1 is 1.58 bits per heavy atom. The van der Waals surface area contributed by atoms with E-state index in [1.807, 2.05) is 5.38 Å². The number of hydrogen-bond acceptors (Lipinski definition) is 4. The number of thiazole rings is 1. The topological polar surface area (TPSA) is 68.0 Å². The highest BCUT2D eigenvalue weighted by atomic mass is 79.9. The molecule has 2 aromatic rings. The maximum Gasteiger partial charge on any atom is 0.239 e. The monoisotopic (exact) mass is 343 g/mol. The maximum atomic E-state index is 13.8. The van der Waals surface area contributed by atoms with Gasteiger partial charge in [0.05, 0.1) is 11.2 Å². The molecule has 7 heteroatoms. The van der Waals surface area contributed by atoms with Crippen LogP contribution in [0.5, 0.6) is 0 Å². The SMILES string of the molecule is NC(=O)C(NCc1cscn1)c1ccc(Br)cc1F. The summed E-state index contributed by atoms with van der Waals surface area (Å²) >= 11 is 4.62. The molecule has 0 saturated carbocycles. The van der Waals surface area contributed by atoms with Crippen molar-refractivity contribution in [2.75, 3.05) is 0 Å². The van der Waals surface area contributed by atoms with Gasteiger partial charge in [0.15, 0.2) is 0 Å². The normalized spacial score (nSPS) is 12.3. The van der Waals surface area contributed by atoms with Crippen LogP contribution in [0.15, 0.2) is 33.6 Å². The average molecular weight is 344 g/mol. The second-order valence-corrected chi connectivity index (χ2v) is 5.50. The van der Waals surface area contributed by atoms with Crippen molar-refractivity contribution in [3.8, 4) is 0 Å². The summed E-state index contributed by atoms with van der Waals surface area (Å²) in [6.45, 7) is 0.354. The van der Waals surface area contributed by atoms with E-state index in [1.54, 1.807) is 11.6 Å². The van der Waals surface area contributed by atoms with Crippen LogP contribution in [0.2, 0.25) is 0 Å². The van der Waals surface area contributed by atoms with Gasteiger partial charge in [-0.25, -0.2) is 9.37 Å². The van der Waals surface area contributed by atoms with Gasteiger partial charge in [-0.2, -0.15) is 0 Å². The largest absolute Gasteiger partial charge is 0.368 e. The molecule has 0 bridgehead atoms. The minimum absolute atomic E-state index is 0.228. The van der Waals surface area contributed by atoms with Crippen LogP contribution in [0.4, 0.5) is 4.39 Å². The van der Waals surface area contributed by atoms with E-state index in [0.717, 1.165) is 5.69 Å². The fourth-order valence-electron chi connectivity index (χ4n) is 1.63. The highest BCUT2D eigenvalue weighted by molar-refractivity contribution is 9.10. The third-order valence-electron chi connectivity index (χ3n) is 2.53. The number of carbonyl (C=O) groups is 1. The van der Waals surface area contributed by atoms with Gasteiger partial charge in [0.1, 0.15) is 11.9 Å². The third-order valence-corrected chi connectivity index (χ3v) is 3.66. The highest BCUT2D eigenvalue weighted by Gasteiger charge is 2.21. The highest BCUT2D eigenvalue weighted by Crippen LogP contribution is 2.21. The third kappa shape index (κ3) is 3.59. The van der Waals surface area contributed by atoms with Crippen molar-refractivity contribution in [3.05, 3.63) is 50.6 Å². The van der Waals surface area contributed by atoms with E-state index in [4.69, 9.17) is 5.73 Å². The number of nitrogens with zero attached hydrogens (tertiary/aromatic N) is 1. The van der Waals surface area contributed by atoms with Crippen molar-refractivity contribution in [3.63, 3.8) is 0 Å². The van der Waals surface area contributed by atoms with Gasteiger partial charge in [0.2, 0.25) is 5.91 Å². The quantitative estimate of drug-likeness (QED) is 0.875. The second kappa shape index (κ2) is 6.23. The van der Waals surface area contributed by atoms with Crippen molar-refractivity contribution < 1.29 is 9.18 Å². The molecule has 1 amide bonds. The van der Waals surface area contributed by atoms with Gasteiger partial charge in [-0.3, -0.25) is 10.1 Å². The van der Waals surface area contributed by atoms with Gasteiger partial charge in [-0.05, 0) is 12.1 Å². The van der Waals surface area contributed by atoms with E-state index in [-0.39, 0.29) is 5.56 Å². The summed E-state index contributed by atoms with van der Waals surface area (Å²) in [5.41, 5.74) is 8.02. The number of nitrogens with two attached hydrogens (primary N) is 1. The summed E-state index contributed by atoms with van der Waals surface area (Å²) in [6.07, 6.45) is 0. The van der Waals surface area contributed by atoms with Crippen molar-refractivity contribution in [1.29, 1.82) is 0 Å². The number of rotatable bonds is 5. The Bertz CT molecular complexity index is 576. The van der Waals surface area contributed by atoms with Crippen molar-refractivity contribution in [2.45, 2.75) is 12.6 Å². The lowest BCUT2D eigenvalue weighted by Gasteiger charge is -2.16. The van der Waals surface area contributed by atoms with Crippen LogP contribution in [0.1, 0.15) is 17.3 Å². The summed E-state index contributed by atoms with van der Waals surface area (Å²) in [5.74, 6) is -1.11. The number of aromatic nitrogens is 1. The van der Waals surface area contributed by atoms with E-state index in [9.17, 15) is 9.18 Å². The fraction of sp³-hybridized carbons (Fsp3) is 0.167. The van der Waals surface area contributed by atoms with E-state index in [1.165, 1.54) is 23.5 Å². The van der Waals surface area contributed by atoms with Crippen molar-refractivity contribution in [2.24, 2.45) is 5.73 Å². The minimum Gasteiger partial charge on any atom is -0.368 e. The molecule has 1 atom stereocenters. The Balaban J connectivity index is 2.17. The molecular weight excluding hydrogens is 333 g/mol. The first kappa shape index (κ1) is 14.1. The molecule has 0 aliphatic carbocycles. The molecule has 1 unspecified atom stereocenters. The second-order valence-electron chi connectivity index (χ2n) is 3.86. The first-order valence-electron chi connectivity index (χ1n) is 5.42. The Morgan fingerprint density at radius 3 is 2.95 bits per heavy atom. The number of halogens is 2. The zero-order chi connectivity index (χ0) is 13.8. The predicted octanol–water partition coefficient (Wildman–Crippen LogP) is 2.36. The van der Waals surface area contributed by atoms with Gasteiger partial charge >= 0.3 is 0 Å². The molecular formula is C12H11BrFN3OS. The molecule has 2 rings (SSSR count). The number of carbonyl (C=O) groups excluding carboxylic acids is 1. The van der Waals surface area contributed by atoms with Crippen LogP contribution in [-0.2, 0) is 11.3 Å². The molecule has 1 aromatic heterocycles. The Hall–Kier alpha value is -1.31. The molecule has 0 fully saturated rings. The van der Waals surface area contributed by atoms with E-state index < -0.39 is 17.8 Å². The fourth-order valence-corrected chi connectivity index (χ4v) is 2.52. The van der Waals surface area contributed by atoms with Gasteiger partial charge in [0, 0.05) is 22.0 Å². The number of hydrogen-bond donors (Lipinski definition) is 2. The zero-order valence-electron chi connectivity index (χ0n) is 9.77. The van der Waals surface area contributed by atoms with Crippen LogP contribution in [0, 0.1) is 5.82 Å². The van der Waals surface area contributed by atoms with Crippen LogP contribution in [0.3, 0.4) is 0 Å². The number of primary amides is 1. The molecule has 1 aromatic carbocycles. The lowest BCUT2D eigenvalue weighted by atomic mass is 10.1. The molecule has 4 nitrogen and oxygen atoms in total. The zero-order valence-corrected chi connectivity index (χ0v) is 12.2. The van der Waals surface area contributed by atoms with Crippen molar-refractivity contribution >= 4 is 33.2 Å². The number of benzene rings is 1. The number of nitrogens with one attached hydrogen (secondary N) is 1. The minimum atomic E-state index is -0.880. The Kier molecular flexibility index (Phi) is 4.62. The Morgan fingerprint density at radius 2 is 2.37 bits per heavy atom. The standard InChI is InChI=1S/C12H11BrFN3OS/c13-7-1-2-9(10(14)3-7)11(12(15)18)16-4-8-5-19-6-17-8/h1-3,5-6,11,16H,4H2,(H2,15,18). The molecule has 3 N–H and O–H groups in total. The molecule has 0 aliphatic heterocycles. The average Bonchev–Trinajstić information content (AvgIpc) is 2.84. The molecule has 1 heterocycles.